The summed E-state index contributed by atoms with van der Waals surface area (Å²) in [6, 6.07) is 8.62. The van der Waals surface area contributed by atoms with E-state index in [0.717, 1.165) is 38.5 Å². The minimum Gasteiger partial charge on any atom is -0.379 e. The second-order valence-corrected chi connectivity index (χ2v) is 6.51. The summed E-state index contributed by atoms with van der Waals surface area (Å²) >= 11 is 0. The van der Waals surface area contributed by atoms with Crippen molar-refractivity contribution in [3.05, 3.63) is 29.8 Å². The molecular formula is C19H33IN4O. The summed E-state index contributed by atoms with van der Waals surface area (Å²) in [5.41, 5.74) is 8.31. The van der Waals surface area contributed by atoms with Crippen molar-refractivity contribution in [1.82, 2.24) is 4.90 Å². The maximum atomic E-state index is 6.10. The predicted molar refractivity (Wildman–Crippen MR) is 117 cm³/mol. The molecule has 0 aliphatic carbocycles. The van der Waals surface area contributed by atoms with Crippen molar-refractivity contribution in [2.24, 2.45) is 16.6 Å². The van der Waals surface area contributed by atoms with Crippen LogP contribution in [-0.2, 0) is 4.74 Å². The summed E-state index contributed by atoms with van der Waals surface area (Å²) in [7, 11) is 0. The number of nitrogens with two attached hydrogens (primary N) is 1. The quantitative estimate of drug-likeness (QED) is 0.372. The third kappa shape index (κ3) is 7.11. The smallest absolute Gasteiger partial charge is 0.193 e. The van der Waals surface area contributed by atoms with Gasteiger partial charge in [0.25, 0.3) is 0 Å². The van der Waals surface area contributed by atoms with Crippen molar-refractivity contribution in [3.63, 3.8) is 0 Å². The normalized spacial score (nSPS) is 17.2. The van der Waals surface area contributed by atoms with Crippen molar-refractivity contribution >= 4 is 35.6 Å². The fourth-order valence-electron chi connectivity index (χ4n) is 3.32. The topological polar surface area (TPSA) is 62.9 Å². The Labute approximate surface area is 169 Å². The van der Waals surface area contributed by atoms with E-state index in [-0.39, 0.29) is 24.0 Å². The van der Waals surface area contributed by atoms with Crippen molar-refractivity contribution in [2.75, 3.05) is 38.2 Å². The molecule has 1 saturated heterocycles. The van der Waals surface area contributed by atoms with E-state index in [1.807, 2.05) is 12.1 Å². The summed E-state index contributed by atoms with van der Waals surface area (Å²) in [4.78, 5) is 7.15. The molecule has 1 atom stereocenters. The first kappa shape index (κ1) is 22.2. The Morgan fingerprint density at radius 3 is 2.36 bits per heavy atom. The fraction of sp³-hybridized carbons (Fsp3) is 0.632. The van der Waals surface area contributed by atoms with E-state index < -0.39 is 0 Å². The first-order valence-electron chi connectivity index (χ1n) is 9.09. The van der Waals surface area contributed by atoms with Crippen LogP contribution in [0.3, 0.4) is 0 Å². The average molecular weight is 460 g/mol. The zero-order chi connectivity index (χ0) is 17.4. The number of halogens is 1. The number of nitrogens with zero attached hydrogens (tertiary/aromatic N) is 2. The third-order valence-corrected chi connectivity index (χ3v) is 4.88. The predicted octanol–water partition coefficient (Wildman–Crippen LogP) is 3.48. The molecule has 0 amide bonds. The van der Waals surface area contributed by atoms with E-state index in [1.165, 1.54) is 18.4 Å². The van der Waals surface area contributed by atoms with Crippen LogP contribution in [0.4, 0.5) is 5.69 Å². The second kappa shape index (κ2) is 11.7. The van der Waals surface area contributed by atoms with Gasteiger partial charge < -0.3 is 15.8 Å². The van der Waals surface area contributed by atoms with Crippen LogP contribution in [0.2, 0.25) is 0 Å². The van der Waals surface area contributed by atoms with Crippen molar-refractivity contribution in [1.29, 1.82) is 0 Å². The van der Waals surface area contributed by atoms with Crippen LogP contribution in [0, 0.1) is 12.8 Å². The Hall–Kier alpha value is -0.860. The summed E-state index contributed by atoms with van der Waals surface area (Å²) in [6.07, 6.45) is 2.33. The lowest BCUT2D eigenvalue weighted by molar-refractivity contribution is 0.00398. The van der Waals surface area contributed by atoms with Gasteiger partial charge in [0.15, 0.2) is 5.96 Å². The third-order valence-electron chi connectivity index (χ3n) is 4.88. The number of aliphatic imine (C=N–C) groups is 1. The molecule has 1 unspecified atom stereocenters. The molecule has 1 fully saturated rings. The van der Waals surface area contributed by atoms with E-state index >= 15 is 0 Å². The summed E-state index contributed by atoms with van der Waals surface area (Å²) in [5.74, 6) is 1.13. The lowest BCUT2D eigenvalue weighted by Gasteiger charge is -2.38. The maximum Gasteiger partial charge on any atom is 0.193 e. The number of hydrogen-bond acceptors (Lipinski definition) is 3. The Morgan fingerprint density at radius 1 is 1.20 bits per heavy atom. The molecule has 25 heavy (non-hydrogen) atoms. The molecule has 0 bridgehead atoms. The molecule has 1 aromatic rings. The Bertz CT molecular complexity index is 511. The number of ether oxygens (including phenoxy) is 1. The lowest BCUT2D eigenvalue weighted by Crippen LogP contribution is -2.48. The number of nitrogens with one attached hydrogen (secondary N) is 1. The van der Waals surface area contributed by atoms with E-state index in [2.05, 4.69) is 48.1 Å². The Balaban J connectivity index is 0.00000312. The molecule has 1 aliphatic heterocycles. The number of benzene rings is 1. The molecule has 142 valence electrons. The monoisotopic (exact) mass is 460 g/mol. The highest BCUT2D eigenvalue weighted by molar-refractivity contribution is 14.0. The van der Waals surface area contributed by atoms with Gasteiger partial charge in [-0.05, 0) is 25.0 Å². The fourth-order valence-corrected chi connectivity index (χ4v) is 3.32. The first-order chi connectivity index (χ1) is 11.6. The van der Waals surface area contributed by atoms with Crippen LogP contribution in [-0.4, -0.2) is 49.7 Å². The van der Waals surface area contributed by atoms with Gasteiger partial charge in [-0.2, -0.15) is 0 Å². The maximum absolute atomic E-state index is 6.10. The van der Waals surface area contributed by atoms with Crippen molar-refractivity contribution < 1.29 is 4.74 Å². The van der Waals surface area contributed by atoms with Crippen LogP contribution in [0.15, 0.2) is 29.3 Å². The largest absolute Gasteiger partial charge is 0.379 e. The molecule has 5 nitrogen and oxygen atoms in total. The average Bonchev–Trinajstić information content (AvgIpc) is 2.61. The van der Waals surface area contributed by atoms with Gasteiger partial charge in [0.2, 0.25) is 0 Å². The van der Waals surface area contributed by atoms with Gasteiger partial charge in [-0.1, -0.05) is 44.4 Å². The van der Waals surface area contributed by atoms with E-state index in [4.69, 9.17) is 10.5 Å². The van der Waals surface area contributed by atoms with Crippen molar-refractivity contribution in [2.45, 2.75) is 39.7 Å². The minimum absolute atomic E-state index is 0. The summed E-state index contributed by atoms with van der Waals surface area (Å²) < 4.78 is 5.50. The standard InChI is InChI=1S/C19H32N4O.HI/c1-4-16(5-2)18(23-10-12-24-13-11-23)14-21-19(20)22-17-8-6-15(3)7-9-17;/h6-9,16,18H,4-5,10-14H2,1-3H3,(H3,20,21,22);1H. The number of aryl methyl sites for hydroxylation is 1. The molecule has 0 radical (unpaired) electrons. The zero-order valence-electron chi connectivity index (χ0n) is 15.7. The van der Waals surface area contributed by atoms with Crippen LogP contribution >= 0.6 is 24.0 Å². The highest BCUT2D eigenvalue weighted by Gasteiger charge is 2.26. The van der Waals surface area contributed by atoms with E-state index in [1.54, 1.807) is 0 Å². The SMILES string of the molecule is CCC(CC)C(CN=C(N)Nc1ccc(C)cc1)N1CCOCC1.I. The Morgan fingerprint density at radius 2 is 1.80 bits per heavy atom. The van der Waals surface area contributed by atoms with Crippen LogP contribution in [0.25, 0.3) is 0 Å². The van der Waals surface area contributed by atoms with E-state index in [9.17, 15) is 0 Å². The van der Waals surface area contributed by atoms with Crippen LogP contribution in [0.1, 0.15) is 32.3 Å². The molecule has 1 aromatic carbocycles. The van der Waals surface area contributed by atoms with Gasteiger partial charge in [0.1, 0.15) is 0 Å². The molecule has 6 heteroatoms. The molecule has 1 aliphatic rings. The van der Waals surface area contributed by atoms with Gasteiger partial charge >= 0.3 is 0 Å². The molecule has 0 spiro atoms. The first-order valence-corrected chi connectivity index (χ1v) is 9.09. The lowest BCUT2D eigenvalue weighted by atomic mass is 9.92. The van der Waals surface area contributed by atoms with Crippen molar-refractivity contribution in [3.8, 4) is 0 Å². The molecular weight excluding hydrogens is 427 g/mol. The highest BCUT2D eigenvalue weighted by Crippen LogP contribution is 2.20. The molecule has 3 N–H and O–H groups in total. The Kier molecular flexibility index (Phi) is 10.4. The van der Waals surface area contributed by atoms with Crippen LogP contribution < -0.4 is 11.1 Å². The van der Waals surface area contributed by atoms with Gasteiger partial charge in [-0.15, -0.1) is 24.0 Å². The number of guanidine groups is 1. The van der Waals surface area contributed by atoms with Gasteiger partial charge in [0.05, 0.1) is 19.8 Å². The van der Waals surface area contributed by atoms with Gasteiger partial charge in [-0.3, -0.25) is 9.89 Å². The molecule has 0 aromatic heterocycles. The molecule has 2 rings (SSSR count). The van der Waals surface area contributed by atoms with Gasteiger partial charge in [0, 0.05) is 24.8 Å². The number of rotatable bonds is 7. The summed E-state index contributed by atoms with van der Waals surface area (Å²) in [6.45, 7) is 10.9. The van der Waals surface area contributed by atoms with Crippen LogP contribution in [0.5, 0.6) is 0 Å². The molecule has 0 saturated carbocycles. The molecule has 1 heterocycles. The number of hydrogen-bond donors (Lipinski definition) is 2. The van der Waals surface area contributed by atoms with Gasteiger partial charge in [-0.25, -0.2) is 0 Å². The highest BCUT2D eigenvalue weighted by atomic mass is 127. The zero-order valence-corrected chi connectivity index (χ0v) is 18.0. The number of anilines is 1. The summed E-state index contributed by atoms with van der Waals surface area (Å²) in [5, 5.41) is 3.19. The van der Waals surface area contributed by atoms with E-state index in [0.29, 0.717) is 17.9 Å². The minimum atomic E-state index is 0. The number of morpholine rings is 1. The second-order valence-electron chi connectivity index (χ2n) is 6.51.